The molecule has 0 aliphatic rings. The van der Waals surface area contributed by atoms with Crippen molar-refractivity contribution in [3.63, 3.8) is 0 Å². The quantitative estimate of drug-likeness (QED) is 0.645. The fourth-order valence-corrected chi connectivity index (χ4v) is 1.76. The molecule has 1 aromatic rings. The Morgan fingerprint density at radius 1 is 1.62 bits per heavy atom. The summed E-state index contributed by atoms with van der Waals surface area (Å²) in [7, 11) is 0. The molecule has 0 aromatic carbocycles. The van der Waals surface area contributed by atoms with Crippen molar-refractivity contribution in [1.29, 1.82) is 5.26 Å². The number of rotatable bonds is 5. The normalized spacial score (nSPS) is 9.19. The molecule has 16 heavy (non-hydrogen) atoms. The molecule has 5 heteroatoms. The summed E-state index contributed by atoms with van der Waals surface area (Å²) in [6, 6.07) is 3.59. The monoisotopic (exact) mass is 251 g/mol. The van der Waals surface area contributed by atoms with Gasteiger partial charge in [0.15, 0.2) is 0 Å². The summed E-state index contributed by atoms with van der Waals surface area (Å²) < 4.78 is 0. The van der Waals surface area contributed by atoms with Crippen molar-refractivity contribution in [2.75, 3.05) is 23.4 Å². The predicted octanol–water partition coefficient (Wildman–Crippen LogP) is 2.38. The number of terminal acetylenes is 1. The Bertz CT molecular complexity index is 434. The molecule has 1 rings (SSSR count). The van der Waals surface area contributed by atoms with Crippen LogP contribution in [0.2, 0.25) is 5.02 Å². The molecule has 82 valence electrons. The fraction of sp³-hybridized carbons (Fsp3) is 0.273. The SMILES string of the molecule is C#CCSCCNc1nccc(C#N)c1Cl. The van der Waals surface area contributed by atoms with E-state index in [2.05, 4.69) is 16.2 Å². The maximum Gasteiger partial charge on any atom is 0.146 e. The van der Waals surface area contributed by atoms with Gasteiger partial charge in [-0.1, -0.05) is 17.5 Å². The van der Waals surface area contributed by atoms with E-state index in [1.165, 1.54) is 0 Å². The van der Waals surface area contributed by atoms with Crippen molar-refractivity contribution in [3.8, 4) is 18.4 Å². The summed E-state index contributed by atoms with van der Waals surface area (Å²) in [5, 5.41) is 12.2. The second-order valence-electron chi connectivity index (χ2n) is 2.82. The van der Waals surface area contributed by atoms with Crippen molar-refractivity contribution in [1.82, 2.24) is 4.98 Å². The zero-order valence-electron chi connectivity index (χ0n) is 8.53. The first-order valence-corrected chi connectivity index (χ1v) is 6.12. The van der Waals surface area contributed by atoms with Gasteiger partial charge in [0, 0.05) is 18.5 Å². The summed E-state index contributed by atoms with van der Waals surface area (Å²) in [4.78, 5) is 4.06. The molecule has 0 spiro atoms. The average Bonchev–Trinajstić information content (AvgIpc) is 2.31. The van der Waals surface area contributed by atoms with Crippen LogP contribution < -0.4 is 5.32 Å². The van der Waals surface area contributed by atoms with Crippen LogP contribution in [0, 0.1) is 23.7 Å². The van der Waals surface area contributed by atoms with Crippen molar-refractivity contribution >= 4 is 29.2 Å². The molecule has 0 radical (unpaired) electrons. The zero-order chi connectivity index (χ0) is 11.8. The molecule has 0 saturated heterocycles. The van der Waals surface area contributed by atoms with Gasteiger partial charge in [0.1, 0.15) is 16.9 Å². The molecule has 0 aliphatic carbocycles. The van der Waals surface area contributed by atoms with E-state index in [-0.39, 0.29) is 0 Å². The Hall–Kier alpha value is -1.36. The minimum Gasteiger partial charge on any atom is -0.368 e. The molecule has 0 aliphatic heterocycles. The first kappa shape index (κ1) is 12.7. The number of hydrogen-bond acceptors (Lipinski definition) is 4. The van der Waals surface area contributed by atoms with Gasteiger partial charge in [-0.3, -0.25) is 0 Å². The predicted molar refractivity (Wildman–Crippen MR) is 68.6 cm³/mol. The third kappa shape index (κ3) is 3.66. The first-order valence-electron chi connectivity index (χ1n) is 4.59. The van der Waals surface area contributed by atoms with Crippen molar-refractivity contribution in [2.24, 2.45) is 0 Å². The van der Waals surface area contributed by atoms with Crippen LogP contribution >= 0.6 is 23.4 Å². The molecule has 3 nitrogen and oxygen atoms in total. The number of nitrogens with zero attached hydrogens (tertiary/aromatic N) is 2. The maximum atomic E-state index is 8.77. The van der Waals surface area contributed by atoms with E-state index in [4.69, 9.17) is 23.3 Å². The van der Waals surface area contributed by atoms with E-state index >= 15 is 0 Å². The van der Waals surface area contributed by atoms with Crippen LogP contribution in [0.15, 0.2) is 12.3 Å². The number of anilines is 1. The number of aromatic nitrogens is 1. The van der Waals surface area contributed by atoms with Crippen LogP contribution in [-0.2, 0) is 0 Å². The Kier molecular flexibility index (Phi) is 5.56. The first-order chi connectivity index (χ1) is 7.79. The average molecular weight is 252 g/mol. The van der Waals surface area contributed by atoms with Gasteiger partial charge >= 0.3 is 0 Å². The lowest BCUT2D eigenvalue weighted by Crippen LogP contribution is -2.06. The standard InChI is InChI=1S/C11H10ClN3S/c1-2-6-16-7-5-15-11-10(12)9(8-13)3-4-14-11/h1,3-4H,5-7H2,(H,14,15). The summed E-state index contributed by atoms with van der Waals surface area (Å²) in [6.07, 6.45) is 6.68. The van der Waals surface area contributed by atoms with Gasteiger partial charge in [-0.25, -0.2) is 4.98 Å². The molecule has 0 fully saturated rings. The molecule has 1 aromatic heterocycles. The number of halogens is 1. The van der Waals surface area contributed by atoms with Crippen molar-refractivity contribution in [3.05, 3.63) is 22.8 Å². The topological polar surface area (TPSA) is 48.7 Å². The minimum absolute atomic E-state index is 0.368. The third-order valence-electron chi connectivity index (χ3n) is 1.73. The summed E-state index contributed by atoms with van der Waals surface area (Å²) in [5.41, 5.74) is 0.426. The minimum atomic E-state index is 0.368. The highest BCUT2D eigenvalue weighted by atomic mass is 35.5. The number of pyridine rings is 1. The summed E-state index contributed by atoms with van der Waals surface area (Å²) in [6.45, 7) is 0.716. The highest BCUT2D eigenvalue weighted by Crippen LogP contribution is 2.22. The van der Waals surface area contributed by atoms with Crippen molar-refractivity contribution in [2.45, 2.75) is 0 Å². The molecule has 0 amide bonds. The third-order valence-corrected chi connectivity index (χ3v) is 2.98. The lowest BCUT2D eigenvalue weighted by atomic mass is 10.3. The summed E-state index contributed by atoms with van der Waals surface area (Å²) >= 11 is 7.62. The van der Waals surface area contributed by atoms with E-state index in [0.717, 1.165) is 5.75 Å². The number of hydrogen-bond donors (Lipinski definition) is 1. The van der Waals surface area contributed by atoms with E-state index in [9.17, 15) is 0 Å². The highest BCUT2D eigenvalue weighted by Gasteiger charge is 2.05. The van der Waals surface area contributed by atoms with E-state index in [1.54, 1.807) is 24.0 Å². The van der Waals surface area contributed by atoms with Gasteiger partial charge in [0.2, 0.25) is 0 Å². The second kappa shape index (κ2) is 7.00. The Morgan fingerprint density at radius 3 is 3.12 bits per heavy atom. The van der Waals surface area contributed by atoms with Gasteiger partial charge in [-0.05, 0) is 6.07 Å². The molecule has 1 N–H and O–H groups in total. The number of nitrogens with one attached hydrogen (secondary N) is 1. The van der Waals surface area contributed by atoms with Gasteiger partial charge in [-0.15, -0.1) is 18.2 Å². The van der Waals surface area contributed by atoms with Gasteiger partial charge < -0.3 is 5.32 Å². The summed E-state index contributed by atoms with van der Waals surface area (Å²) in [5.74, 6) is 4.66. The molecule has 0 bridgehead atoms. The lowest BCUT2D eigenvalue weighted by Gasteiger charge is -2.06. The smallest absolute Gasteiger partial charge is 0.146 e. The zero-order valence-corrected chi connectivity index (χ0v) is 10.1. The van der Waals surface area contributed by atoms with Crippen LogP contribution in [0.5, 0.6) is 0 Å². The highest BCUT2D eigenvalue weighted by molar-refractivity contribution is 7.99. The number of nitriles is 1. The molecule has 0 unspecified atom stereocenters. The molecule has 0 saturated carbocycles. The molecular formula is C11H10ClN3S. The van der Waals surface area contributed by atoms with E-state index in [0.29, 0.717) is 28.7 Å². The van der Waals surface area contributed by atoms with E-state index < -0.39 is 0 Å². The lowest BCUT2D eigenvalue weighted by molar-refractivity contribution is 1.17. The largest absolute Gasteiger partial charge is 0.368 e. The Balaban J connectivity index is 2.49. The van der Waals surface area contributed by atoms with Gasteiger partial charge in [0.25, 0.3) is 0 Å². The van der Waals surface area contributed by atoms with Crippen molar-refractivity contribution < 1.29 is 0 Å². The molecule has 0 atom stereocenters. The molecule has 1 heterocycles. The van der Waals surface area contributed by atoms with Gasteiger partial charge in [0.05, 0.1) is 11.3 Å². The maximum absolute atomic E-state index is 8.77. The van der Waals surface area contributed by atoms with E-state index in [1.807, 2.05) is 6.07 Å². The Morgan fingerprint density at radius 2 is 2.44 bits per heavy atom. The van der Waals surface area contributed by atoms with Crippen LogP contribution in [0.1, 0.15) is 5.56 Å². The van der Waals surface area contributed by atoms with Crippen LogP contribution in [-0.4, -0.2) is 23.0 Å². The second-order valence-corrected chi connectivity index (χ2v) is 4.30. The van der Waals surface area contributed by atoms with Crippen LogP contribution in [0.4, 0.5) is 5.82 Å². The number of thioether (sulfide) groups is 1. The van der Waals surface area contributed by atoms with Crippen LogP contribution in [0.25, 0.3) is 0 Å². The van der Waals surface area contributed by atoms with Gasteiger partial charge in [-0.2, -0.15) is 5.26 Å². The molecular weight excluding hydrogens is 242 g/mol. The van der Waals surface area contributed by atoms with Crippen LogP contribution in [0.3, 0.4) is 0 Å². The fourth-order valence-electron chi connectivity index (χ4n) is 1.03. The Labute approximate surface area is 104 Å².